The largest absolute Gasteiger partial charge is 0.481 e. The number of aliphatic carboxylic acids is 1. The minimum absolute atomic E-state index is 0.109. The summed E-state index contributed by atoms with van der Waals surface area (Å²) in [5.74, 6) is -1.57. The molecule has 1 aliphatic heterocycles. The SMILES string of the molecule is Cc1cc(C)c([N+](=O)[O-])cc1C(=O)NC1(CC(=O)O)CCOC1. The normalized spacial score (nSPS) is 20.3. The summed E-state index contributed by atoms with van der Waals surface area (Å²) >= 11 is 0. The number of nitro groups is 1. The second-order valence-electron chi connectivity index (χ2n) is 5.82. The lowest BCUT2D eigenvalue weighted by Gasteiger charge is -2.27. The van der Waals surface area contributed by atoms with Gasteiger partial charge in [0.05, 0.1) is 23.5 Å². The monoisotopic (exact) mass is 322 g/mol. The van der Waals surface area contributed by atoms with E-state index in [0.29, 0.717) is 24.2 Å². The molecule has 8 nitrogen and oxygen atoms in total. The van der Waals surface area contributed by atoms with Crippen LogP contribution in [0.15, 0.2) is 12.1 Å². The van der Waals surface area contributed by atoms with E-state index in [1.54, 1.807) is 19.9 Å². The van der Waals surface area contributed by atoms with Crippen molar-refractivity contribution in [3.63, 3.8) is 0 Å². The van der Waals surface area contributed by atoms with Crippen molar-refractivity contribution in [1.29, 1.82) is 0 Å². The quantitative estimate of drug-likeness (QED) is 0.627. The first-order valence-electron chi connectivity index (χ1n) is 7.12. The van der Waals surface area contributed by atoms with Crippen LogP contribution in [0.2, 0.25) is 0 Å². The second-order valence-corrected chi connectivity index (χ2v) is 5.82. The molecule has 1 atom stereocenters. The number of hydrogen-bond acceptors (Lipinski definition) is 5. The number of rotatable bonds is 5. The molecule has 0 saturated carbocycles. The Kier molecular flexibility index (Phi) is 4.65. The maximum Gasteiger partial charge on any atom is 0.305 e. The Balaban J connectivity index is 2.31. The number of carboxylic acids is 1. The highest BCUT2D eigenvalue weighted by Crippen LogP contribution is 2.26. The number of nitrogens with zero attached hydrogens (tertiary/aromatic N) is 1. The predicted octanol–water partition coefficient (Wildman–Crippen LogP) is 1.58. The van der Waals surface area contributed by atoms with Gasteiger partial charge in [-0.05, 0) is 31.9 Å². The number of benzene rings is 1. The second kappa shape index (κ2) is 6.33. The summed E-state index contributed by atoms with van der Waals surface area (Å²) in [6.45, 7) is 3.75. The average Bonchev–Trinajstić information content (AvgIpc) is 2.85. The molecule has 0 aromatic heterocycles. The third-order valence-electron chi connectivity index (χ3n) is 3.96. The van der Waals surface area contributed by atoms with E-state index in [4.69, 9.17) is 9.84 Å². The number of carboxylic acid groups (broad SMARTS) is 1. The van der Waals surface area contributed by atoms with Crippen LogP contribution in [-0.4, -0.2) is 40.7 Å². The van der Waals surface area contributed by atoms with Crippen LogP contribution in [0.4, 0.5) is 5.69 Å². The van der Waals surface area contributed by atoms with Crippen molar-refractivity contribution in [3.05, 3.63) is 38.9 Å². The summed E-state index contributed by atoms with van der Waals surface area (Å²) < 4.78 is 5.22. The van der Waals surface area contributed by atoms with E-state index < -0.39 is 22.3 Å². The highest BCUT2D eigenvalue weighted by Gasteiger charge is 2.39. The molecule has 0 spiro atoms. The van der Waals surface area contributed by atoms with Gasteiger partial charge in [-0.15, -0.1) is 0 Å². The maximum atomic E-state index is 12.5. The van der Waals surface area contributed by atoms with Crippen molar-refractivity contribution in [3.8, 4) is 0 Å². The third-order valence-corrected chi connectivity index (χ3v) is 3.96. The van der Waals surface area contributed by atoms with E-state index in [1.165, 1.54) is 6.07 Å². The standard InChI is InChI=1S/C15H18N2O6/c1-9-5-10(2)12(17(21)22)6-11(9)14(20)16-15(7-13(18)19)3-4-23-8-15/h5-6H,3-4,7-8H2,1-2H3,(H,16,20)(H,18,19). The summed E-state index contributed by atoms with van der Waals surface area (Å²) in [6, 6.07) is 2.80. The Labute approximate surface area is 132 Å². The van der Waals surface area contributed by atoms with E-state index in [1.807, 2.05) is 0 Å². The minimum Gasteiger partial charge on any atom is -0.481 e. The number of nitro benzene ring substituents is 1. The molecule has 0 bridgehead atoms. The van der Waals surface area contributed by atoms with Gasteiger partial charge in [0.1, 0.15) is 0 Å². The molecule has 1 saturated heterocycles. The fourth-order valence-electron chi connectivity index (χ4n) is 2.77. The number of nitrogens with one attached hydrogen (secondary N) is 1. The molecular formula is C15H18N2O6. The van der Waals surface area contributed by atoms with Crippen molar-refractivity contribution in [2.24, 2.45) is 0 Å². The number of amides is 1. The Morgan fingerprint density at radius 3 is 2.61 bits per heavy atom. The lowest BCUT2D eigenvalue weighted by molar-refractivity contribution is -0.385. The van der Waals surface area contributed by atoms with Crippen LogP contribution in [0, 0.1) is 24.0 Å². The van der Waals surface area contributed by atoms with Crippen LogP contribution < -0.4 is 5.32 Å². The van der Waals surface area contributed by atoms with Gasteiger partial charge in [0.2, 0.25) is 0 Å². The molecule has 1 amide bonds. The van der Waals surface area contributed by atoms with Gasteiger partial charge in [-0.3, -0.25) is 19.7 Å². The van der Waals surface area contributed by atoms with E-state index >= 15 is 0 Å². The topological polar surface area (TPSA) is 119 Å². The van der Waals surface area contributed by atoms with Gasteiger partial charge < -0.3 is 15.2 Å². The first-order chi connectivity index (χ1) is 10.7. The fourth-order valence-corrected chi connectivity index (χ4v) is 2.77. The lowest BCUT2D eigenvalue weighted by Crippen LogP contribution is -2.50. The van der Waals surface area contributed by atoms with Gasteiger partial charge in [-0.25, -0.2) is 0 Å². The molecule has 0 radical (unpaired) electrons. The van der Waals surface area contributed by atoms with Gasteiger partial charge in [-0.1, -0.05) is 0 Å². The maximum absolute atomic E-state index is 12.5. The van der Waals surface area contributed by atoms with Crippen LogP contribution in [-0.2, 0) is 9.53 Å². The number of hydrogen-bond donors (Lipinski definition) is 2. The number of carbonyl (C=O) groups is 2. The molecular weight excluding hydrogens is 304 g/mol. The third kappa shape index (κ3) is 3.65. The van der Waals surface area contributed by atoms with Crippen LogP contribution in [0.25, 0.3) is 0 Å². The lowest BCUT2D eigenvalue weighted by atomic mass is 9.93. The Bertz CT molecular complexity index is 664. The van der Waals surface area contributed by atoms with Gasteiger partial charge in [-0.2, -0.15) is 0 Å². The van der Waals surface area contributed by atoms with Crippen LogP contribution in [0.1, 0.15) is 34.3 Å². The highest BCUT2D eigenvalue weighted by atomic mass is 16.6. The van der Waals surface area contributed by atoms with Gasteiger partial charge >= 0.3 is 5.97 Å². The molecule has 1 aromatic rings. The Morgan fingerprint density at radius 1 is 1.39 bits per heavy atom. The van der Waals surface area contributed by atoms with E-state index in [2.05, 4.69) is 5.32 Å². The van der Waals surface area contributed by atoms with Crippen molar-refractivity contribution in [2.75, 3.05) is 13.2 Å². The van der Waals surface area contributed by atoms with E-state index in [-0.39, 0.29) is 24.3 Å². The Morgan fingerprint density at radius 2 is 2.09 bits per heavy atom. The summed E-state index contributed by atoms with van der Waals surface area (Å²) in [5.41, 5.74) is 0.104. The van der Waals surface area contributed by atoms with Gasteiger partial charge in [0.25, 0.3) is 11.6 Å². The number of aryl methyl sites for hydroxylation is 2. The zero-order chi connectivity index (χ0) is 17.2. The molecule has 8 heteroatoms. The Hall–Kier alpha value is -2.48. The molecule has 2 rings (SSSR count). The van der Waals surface area contributed by atoms with E-state index in [9.17, 15) is 19.7 Å². The molecule has 1 heterocycles. The van der Waals surface area contributed by atoms with Crippen molar-refractivity contribution in [1.82, 2.24) is 5.32 Å². The van der Waals surface area contributed by atoms with Gasteiger partial charge in [0.15, 0.2) is 0 Å². The fraction of sp³-hybridized carbons (Fsp3) is 0.467. The predicted molar refractivity (Wildman–Crippen MR) is 80.5 cm³/mol. The molecule has 1 fully saturated rings. The number of carbonyl (C=O) groups excluding carboxylic acids is 1. The molecule has 1 unspecified atom stereocenters. The zero-order valence-corrected chi connectivity index (χ0v) is 12.9. The summed E-state index contributed by atoms with van der Waals surface area (Å²) in [4.78, 5) is 34.0. The van der Waals surface area contributed by atoms with Crippen LogP contribution >= 0.6 is 0 Å². The summed E-state index contributed by atoms with van der Waals surface area (Å²) in [6.07, 6.45) is 0.129. The smallest absolute Gasteiger partial charge is 0.305 e. The average molecular weight is 322 g/mol. The molecule has 2 N–H and O–H groups in total. The molecule has 1 aliphatic rings. The van der Waals surface area contributed by atoms with Crippen molar-refractivity contribution in [2.45, 2.75) is 32.2 Å². The minimum atomic E-state index is -1.04. The zero-order valence-electron chi connectivity index (χ0n) is 12.9. The summed E-state index contributed by atoms with van der Waals surface area (Å²) in [7, 11) is 0. The first-order valence-corrected chi connectivity index (χ1v) is 7.12. The van der Waals surface area contributed by atoms with Gasteiger partial charge in [0, 0.05) is 23.8 Å². The molecule has 0 aliphatic carbocycles. The van der Waals surface area contributed by atoms with E-state index in [0.717, 1.165) is 0 Å². The molecule has 23 heavy (non-hydrogen) atoms. The summed E-state index contributed by atoms with van der Waals surface area (Å²) in [5, 5.41) is 22.8. The first kappa shape index (κ1) is 16.9. The van der Waals surface area contributed by atoms with Crippen molar-refractivity contribution >= 4 is 17.6 Å². The number of ether oxygens (including phenoxy) is 1. The van der Waals surface area contributed by atoms with Crippen LogP contribution in [0.3, 0.4) is 0 Å². The van der Waals surface area contributed by atoms with Crippen LogP contribution in [0.5, 0.6) is 0 Å². The highest BCUT2D eigenvalue weighted by molar-refractivity contribution is 5.97. The molecule has 1 aromatic carbocycles. The molecule has 124 valence electrons. The van der Waals surface area contributed by atoms with Crippen molar-refractivity contribution < 1.29 is 24.4 Å².